The van der Waals surface area contributed by atoms with Gasteiger partial charge in [-0.05, 0) is 18.6 Å². The molecule has 1 atom stereocenters. The van der Waals surface area contributed by atoms with Gasteiger partial charge in [0.05, 0.1) is 5.69 Å². The molecule has 0 radical (unpaired) electrons. The molecule has 1 unspecified atom stereocenters. The summed E-state index contributed by atoms with van der Waals surface area (Å²) < 4.78 is 26.2. The lowest BCUT2D eigenvalue weighted by Crippen LogP contribution is -2.37. The molecular weight excluding hydrogens is 278 g/mol. The first kappa shape index (κ1) is 16.5. The molecule has 7 heteroatoms. The van der Waals surface area contributed by atoms with Crippen molar-refractivity contribution in [1.82, 2.24) is 9.62 Å². The fraction of sp³-hybridized carbons (Fsp3) is 0.462. The van der Waals surface area contributed by atoms with Gasteiger partial charge in [0, 0.05) is 26.6 Å². The molecule has 1 amide bonds. The van der Waals surface area contributed by atoms with E-state index in [0.29, 0.717) is 5.56 Å². The molecule has 0 bridgehead atoms. The van der Waals surface area contributed by atoms with Crippen molar-refractivity contribution in [3.63, 3.8) is 0 Å². The summed E-state index contributed by atoms with van der Waals surface area (Å²) >= 11 is 0. The van der Waals surface area contributed by atoms with Gasteiger partial charge in [-0.15, -0.1) is 0 Å². The van der Waals surface area contributed by atoms with Crippen molar-refractivity contribution in [2.75, 3.05) is 26.4 Å². The van der Waals surface area contributed by atoms with E-state index in [-0.39, 0.29) is 23.0 Å². The number of hydrogen-bond acceptors (Lipinski definition) is 4. The van der Waals surface area contributed by atoms with Crippen molar-refractivity contribution in [2.45, 2.75) is 18.7 Å². The standard InChI is InChI=1S/C13H21N3O3S/c1-9-6-5-7-11(14)12(9)20(18,19)16(4)8-10(2)13(17)15-3/h5-7,10H,8,14H2,1-4H3,(H,15,17). The molecule has 0 saturated heterocycles. The molecular formula is C13H21N3O3S. The lowest BCUT2D eigenvalue weighted by Gasteiger charge is -2.22. The Morgan fingerprint density at radius 1 is 1.45 bits per heavy atom. The highest BCUT2D eigenvalue weighted by Gasteiger charge is 2.27. The molecule has 0 aliphatic heterocycles. The third-order valence-electron chi connectivity index (χ3n) is 3.14. The summed E-state index contributed by atoms with van der Waals surface area (Å²) in [5.74, 6) is -0.644. The molecule has 0 fully saturated rings. The molecule has 0 spiro atoms. The van der Waals surface area contributed by atoms with Crippen LogP contribution in [0.5, 0.6) is 0 Å². The largest absolute Gasteiger partial charge is 0.398 e. The normalized spacial score (nSPS) is 13.2. The van der Waals surface area contributed by atoms with Gasteiger partial charge in [-0.3, -0.25) is 4.79 Å². The number of nitrogens with zero attached hydrogens (tertiary/aromatic N) is 1. The molecule has 112 valence electrons. The predicted molar refractivity (Wildman–Crippen MR) is 78.6 cm³/mol. The number of nitrogen functional groups attached to an aromatic ring is 1. The first-order valence-electron chi connectivity index (χ1n) is 6.24. The SMILES string of the molecule is CNC(=O)C(C)CN(C)S(=O)(=O)c1c(C)cccc1N. The quantitative estimate of drug-likeness (QED) is 0.778. The van der Waals surface area contributed by atoms with Gasteiger partial charge in [-0.1, -0.05) is 19.1 Å². The van der Waals surface area contributed by atoms with Crippen LogP contribution in [-0.2, 0) is 14.8 Å². The van der Waals surface area contributed by atoms with E-state index in [9.17, 15) is 13.2 Å². The number of anilines is 1. The number of amides is 1. The van der Waals surface area contributed by atoms with Crippen molar-refractivity contribution in [3.8, 4) is 0 Å². The Bertz CT molecular complexity index is 579. The number of nitrogens with two attached hydrogens (primary N) is 1. The smallest absolute Gasteiger partial charge is 0.245 e. The maximum absolute atomic E-state index is 12.5. The average molecular weight is 299 g/mol. The van der Waals surface area contributed by atoms with Crippen molar-refractivity contribution >= 4 is 21.6 Å². The predicted octanol–water partition coefficient (Wildman–Crippen LogP) is 0.580. The van der Waals surface area contributed by atoms with Crippen LogP contribution in [0, 0.1) is 12.8 Å². The monoisotopic (exact) mass is 299 g/mol. The molecule has 1 rings (SSSR count). The zero-order valence-electron chi connectivity index (χ0n) is 12.2. The molecule has 0 aliphatic rings. The molecule has 0 aromatic heterocycles. The van der Waals surface area contributed by atoms with Crippen LogP contribution in [0.1, 0.15) is 12.5 Å². The Balaban J connectivity index is 3.08. The second-order valence-corrected chi connectivity index (χ2v) is 6.78. The highest BCUT2D eigenvalue weighted by molar-refractivity contribution is 7.89. The van der Waals surface area contributed by atoms with E-state index in [1.807, 2.05) is 0 Å². The second kappa shape index (κ2) is 6.23. The maximum Gasteiger partial charge on any atom is 0.245 e. The highest BCUT2D eigenvalue weighted by atomic mass is 32.2. The van der Waals surface area contributed by atoms with Crippen LogP contribution < -0.4 is 11.1 Å². The third kappa shape index (κ3) is 3.29. The number of nitrogens with one attached hydrogen (secondary N) is 1. The summed E-state index contributed by atoms with van der Waals surface area (Å²) in [6, 6.07) is 4.95. The topological polar surface area (TPSA) is 92.5 Å². The molecule has 1 aromatic rings. The number of carbonyl (C=O) groups excluding carboxylic acids is 1. The summed E-state index contributed by atoms with van der Waals surface area (Å²) in [6.45, 7) is 3.46. The van der Waals surface area contributed by atoms with Crippen LogP contribution in [0.2, 0.25) is 0 Å². The Morgan fingerprint density at radius 2 is 2.05 bits per heavy atom. The van der Waals surface area contributed by atoms with Gasteiger partial charge < -0.3 is 11.1 Å². The van der Waals surface area contributed by atoms with Crippen LogP contribution in [0.15, 0.2) is 23.1 Å². The molecule has 0 saturated carbocycles. The zero-order chi connectivity index (χ0) is 15.5. The van der Waals surface area contributed by atoms with E-state index >= 15 is 0 Å². The van der Waals surface area contributed by atoms with Gasteiger partial charge in [0.15, 0.2) is 0 Å². The Hall–Kier alpha value is -1.60. The van der Waals surface area contributed by atoms with Crippen LogP contribution in [0.4, 0.5) is 5.69 Å². The average Bonchev–Trinajstić information content (AvgIpc) is 2.36. The molecule has 3 N–H and O–H groups in total. The first-order valence-corrected chi connectivity index (χ1v) is 7.68. The highest BCUT2D eigenvalue weighted by Crippen LogP contribution is 2.25. The van der Waals surface area contributed by atoms with E-state index in [4.69, 9.17) is 5.73 Å². The second-order valence-electron chi connectivity index (χ2n) is 4.79. The fourth-order valence-corrected chi connectivity index (χ4v) is 3.57. The number of rotatable bonds is 5. The molecule has 6 nitrogen and oxygen atoms in total. The zero-order valence-corrected chi connectivity index (χ0v) is 13.0. The van der Waals surface area contributed by atoms with Gasteiger partial charge in [0.25, 0.3) is 0 Å². The molecule has 1 aromatic carbocycles. The lowest BCUT2D eigenvalue weighted by atomic mass is 10.2. The third-order valence-corrected chi connectivity index (χ3v) is 5.18. The van der Waals surface area contributed by atoms with Crippen LogP contribution in [0.25, 0.3) is 0 Å². The van der Waals surface area contributed by atoms with E-state index in [1.165, 1.54) is 14.1 Å². The van der Waals surface area contributed by atoms with Crippen molar-refractivity contribution in [3.05, 3.63) is 23.8 Å². The first-order chi connectivity index (χ1) is 9.21. The molecule has 20 heavy (non-hydrogen) atoms. The summed E-state index contributed by atoms with van der Waals surface area (Å²) in [7, 11) is -0.743. The lowest BCUT2D eigenvalue weighted by molar-refractivity contribution is -0.124. The number of carbonyl (C=O) groups is 1. The van der Waals surface area contributed by atoms with Gasteiger partial charge in [0.1, 0.15) is 4.90 Å². The molecule has 0 heterocycles. The summed E-state index contributed by atoms with van der Waals surface area (Å²) in [5.41, 5.74) is 6.58. The van der Waals surface area contributed by atoms with Crippen molar-refractivity contribution < 1.29 is 13.2 Å². The maximum atomic E-state index is 12.5. The summed E-state index contributed by atoms with van der Waals surface area (Å²) in [5, 5.41) is 2.50. The summed E-state index contributed by atoms with van der Waals surface area (Å²) in [6.07, 6.45) is 0. The van der Waals surface area contributed by atoms with Crippen LogP contribution >= 0.6 is 0 Å². The summed E-state index contributed by atoms with van der Waals surface area (Å²) in [4.78, 5) is 11.6. The van der Waals surface area contributed by atoms with Crippen LogP contribution in [-0.4, -0.2) is 39.3 Å². The van der Waals surface area contributed by atoms with Crippen molar-refractivity contribution in [2.24, 2.45) is 5.92 Å². The Labute approximate surface area is 120 Å². The molecule has 0 aliphatic carbocycles. The van der Waals surface area contributed by atoms with Gasteiger partial charge in [-0.25, -0.2) is 12.7 Å². The van der Waals surface area contributed by atoms with Crippen molar-refractivity contribution in [1.29, 1.82) is 0 Å². The Morgan fingerprint density at radius 3 is 2.55 bits per heavy atom. The van der Waals surface area contributed by atoms with Gasteiger partial charge >= 0.3 is 0 Å². The van der Waals surface area contributed by atoms with E-state index in [2.05, 4.69) is 5.32 Å². The number of sulfonamides is 1. The van der Waals surface area contributed by atoms with E-state index in [0.717, 1.165) is 4.31 Å². The minimum Gasteiger partial charge on any atom is -0.398 e. The number of benzene rings is 1. The fourth-order valence-electron chi connectivity index (χ4n) is 2.00. The van der Waals surface area contributed by atoms with Gasteiger partial charge in [-0.2, -0.15) is 0 Å². The van der Waals surface area contributed by atoms with E-state index in [1.54, 1.807) is 32.0 Å². The Kier molecular flexibility index (Phi) is 5.13. The number of aryl methyl sites for hydroxylation is 1. The van der Waals surface area contributed by atoms with Gasteiger partial charge in [0.2, 0.25) is 15.9 Å². The van der Waals surface area contributed by atoms with E-state index < -0.39 is 15.9 Å². The van der Waals surface area contributed by atoms with Crippen LogP contribution in [0.3, 0.4) is 0 Å². The minimum atomic E-state index is -3.71. The minimum absolute atomic E-state index is 0.0930. The number of hydrogen-bond donors (Lipinski definition) is 2.